The van der Waals surface area contributed by atoms with Gasteiger partial charge in [0.1, 0.15) is 0 Å². The second-order valence-corrected chi connectivity index (χ2v) is 4.04. The van der Waals surface area contributed by atoms with Gasteiger partial charge in [0.2, 0.25) is 11.6 Å². The van der Waals surface area contributed by atoms with Gasteiger partial charge < -0.3 is 0 Å². The minimum atomic E-state index is -2.54. The molecule has 128 valence electrons. The Kier molecular flexibility index (Phi) is 4.49. The average molecular weight is 362 g/mol. The molecule has 2 aromatic carbocycles. The number of rotatable bonds is 2. The van der Waals surface area contributed by atoms with Crippen LogP contribution in [0.25, 0.3) is 0 Å². The highest BCUT2D eigenvalue weighted by Gasteiger charge is 2.28. The summed E-state index contributed by atoms with van der Waals surface area (Å²) in [7, 11) is 0. The Balaban J connectivity index is 2.67. The van der Waals surface area contributed by atoms with Gasteiger partial charge in [0.25, 0.3) is 0 Å². The van der Waals surface area contributed by atoms with Crippen LogP contribution in [0.4, 0.5) is 55.3 Å². The quantitative estimate of drug-likeness (QED) is 0.292. The molecule has 0 amide bonds. The van der Waals surface area contributed by atoms with Crippen molar-refractivity contribution in [2.75, 3.05) is 0 Å². The first-order valence-electron chi connectivity index (χ1n) is 5.54. The van der Waals surface area contributed by atoms with E-state index in [4.69, 9.17) is 0 Å². The molecule has 0 aliphatic rings. The molecule has 12 heteroatoms. The van der Waals surface area contributed by atoms with Crippen molar-refractivity contribution in [2.24, 2.45) is 10.2 Å². The maximum atomic E-state index is 13.3. The van der Waals surface area contributed by atoms with Crippen LogP contribution >= 0.6 is 0 Å². The van der Waals surface area contributed by atoms with E-state index in [1.54, 1.807) is 0 Å². The van der Waals surface area contributed by atoms with Gasteiger partial charge in [-0.05, 0) is 0 Å². The van der Waals surface area contributed by atoms with Crippen molar-refractivity contribution in [2.45, 2.75) is 0 Å². The number of azo groups is 1. The van der Waals surface area contributed by atoms with E-state index >= 15 is 0 Å². The summed E-state index contributed by atoms with van der Waals surface area (Å²) in [6, 6.07) is 0. The van der Waals surface area contributed by atoms with E-state index in [0.29, 0.717) is 0 Å². The topological polar surface area (TPSA) is 24.7 Å². The fraction of sp³-hybridized carbons (Fsp3) is 0. The molecule has 0 saturated carbocycles. The van der Waals surface area contributed by atoms with E-state index in [1.165, 1.54) is 0 Å². The molecular weight excluding hydrogens is 362 g/mol. The first-order chi connectivity index (χ1) is 11.1. The molecule has 0 saturated heterocycles. The Morgan fingerprint density at radius 3 is 0.667 bits per heavy atom. The first-order valence-corrected chi connectivity index (χ1v) is 5.54. The van der Waals surface area contributed by atoms with Crippen LogP contribution in [-0.4, -0.2) is 0 Å². The fourth-order valence-electron chi connectivity index (χ4n) is 1.46. The summed E-state index contributed by atoms with van der Waals surface area (Å²) in [6.45, 7) is 0. The van der Waals surface area contributed by atoms with Crippen molar-refractivity contribution in [1.82, 2.24) is 0 Å². The molecule has 2 rings (SSSR count). The molecule has 0 fully saturated rings. The zero-order valence-corrected chi connectivity index (χ0v) is 10.7. The van der Waals surface area contributed by atoms with Gasteiger partial charge in [-0.15, -0.1) is 10.2 Å². The lowest BCUT2D eigenvalue weighted by Crippen LogP contribution is -2.01. The van der Waals surface area contributed by atoms with Gasteiger partial charge >= 0.3 is 0 Å². The van der Waals surface area contributed by atoms with E-state index in [2.05, 4.69) is 10.2 Å². The van der Waals surface area contributed by atoms with Crippen molar-refractivity contribution in [3.05, 3.63) is 58.2 Å². The highest BCUT2D eigenvalue weighted by atomic mass is 19.2. The summed E-state index contributed by atoms with van der Waals surface area (Å²) < 4.78 is 130. The first kappa shape index (κ1) is 17.7. The molecule has 0 atom stereocenters. The van der Waals surface area contributed by atoms with Gasteiger partial charge in [-0.2, -0.15) is 0 Å². The minimum absolute atomic E-state index is 1.98. The predicted octanol–water partition coefficient (Wildman–Crippen LogP) is 5.49. The highest BCUT2D eigenvalue weighted by Crippen LogP contribution is 2.34. The maximum Gasteiger partial charge on any atom is 0.200 e. The van der Waals surface area contributed by atoms with Crippen LogP contribution in [0, 0.1) is 58.2 Å². The molecule has 0 spiro atoms. The van der Waals surface area contributed by atoms with Gasteiger partial charge in [-0.3, -0.25) is 0 Å². The monoisotopic (exact) mass is 362 g/mol. The maximum absolute atomic E-state index is 13.3. The Morgan fingerprint density at radius 1 is 0.292 bits per heavy atom. The van der Waals surface area contributed by atoms with Crippen LogP contribution < -0.4 is 0 Å². The van der Waals surface area contributed by atoms with Crippen molar-refractivity contribution < 1.29 is 43.9 Å². The molecule has 0 heterocycles. The molecule has 0 aromatic heterocycles. The predicted molar refractivity (Wildman–Crippen MR) is 56.6 cm³/mol. The molecule has 0 aliphatic carbocycles. The molecule has 2 aromatic rings. The van der Waals surface area contributed by atoms with Gasteiger partial charge in [0.05, 0.1) is 0 Å². The smallest absolute Gasteiger partial charge is 0.200 e. The summed E-state index contributed by atoms with van der Waals surface area (Å²) in [4.78, 5) is 0. The molecule has 0 unspecified atom stereocenters. The lowest BCUT2D eigenvalue weighted by Gasteiger charge is -2.04. The normalized spacial score (nSPS) is 11.6. The molecule has 0 aliphatic heterocycles. The Bertz CT molecular complexity index is 748. The number of halogens is 10. The summed E-state index contributed by atoms with van der Waals surface area (Å²) in [6.07, 6.45) is 0. The van der Waals surface area contributed by atoms with Crippen molar-refractivity contribution in [3.8, 4) is 0 Å². The van der Waals surface area contributed by atoms with Crippen molar-refractivity contribution in [3.63, 3.8) is 0 Å². The highest BCUT2D eigenvalue weighted by molar-refractivity contribution is 5.45. The van der Waals surface area contributed by atoms with Crippen LogP contribution in [0.15, 0.2) is 10.2 Å². The summed E-state index contributed by atoms with van der Waals surface area (Å²) in [5.41, 5.74) is -3.95. The van der Waals surface area contributed by atoms with Crippen LogP contribution in [0.5, 0.6) is 0 Å². The minimum Gasteiger partial charge on any atom is -0.201 e. The largest absolute Gasteiger partial charge is 0.201 e. The van der Waals surface area contributed by atoms with Crippen LogP contribution in [0.3, 0.4) is 0 Å². The van der Waals surface area contributed by atoms with Crippen LogP contribution in [0.1, 0.15) is 0 Å². The number of hydrogen-bond donors (Lipinski definition) is 0. The number of hydrogen-bond acceptors (Lipinski definition) is 2. The second kappa shape index (κ2) is 6.09. The Morgan fingerprint density at radius 2 is 0.458 bits per heavy atom. The summed E-state index contributed by atoms with van der Waals surface area (Å²) >= 11 is 0. The SMILES string of the molecule is Fc1c(F)c(F)c(N=Nc2c(F)c(F)c(F)c(F)c2F)c(F)c1F. The molecule has 0 radical (unpaired) electrons. The van der Waals surface area contributed by atoms with E-state index in [0.717, 1.165) is 0 Å². The van der Waals surface area contributed by atoms with E-state index in [1.807, 2.05) is 0 Å². The van der Waals surface area contributed by atoms with Crippen molar-refractivity contribution in [1.29, 1.82) is 0 Å². The van der Waals surface area contributed by atoms with Crippen molar-refractivity contribution >= 4 is 11.4 Å². The van der Waals surface area contributed by atoms with E-state index < -0.39 is 69.5 Å². The zero-order valence-electron chi connectivity index (χ0n) is 10.7. The van der Waals surface area contributed by atoms with Gasteiger partial charge in [-0.1, -0.05) is 0 Å². The lowest BCUT2D eigenvalue weighted by atomic mass is 10.2. The standard InChI is InChI=1S/C12F10N2/c13-1-3(15)7(19)11(8(20)4(1)16)23-24-12-9(21)5(17)2(14)6(18)10(12)22. The second-order valence-electron chi connectivity index (χ2n) is 4.04. The third-order valence-corrected chi connectivity index (χ3v) is 2.62. The lowest BCUT2D eigenvalue weighted by molar-refractivity contribution is 0.378. The Labute approximate surface area is 125 Å². The Hall–Kier alpha value is -2.66. The summed E-state index contributed by atoms with van der Waals surface area (Å²) in [5, 5.41) is 4.73. The van der Waals surface area contributed by atoms with Crippen LogP contribution in [0.2, 0.25) is 0 Å². The molecule has 2 nitrogen and oxygen atoms in total. The number of benzene rings is 2. The third kappa shape index (κ3) is 2.57. The molecule has 24 heavy (non-hydrogen) atoms. The van der Waals surface area contributed by atoms with Gasteiger partial charge in [0.15, 0.2) is 57.9 Å². The van der Waals surface area contributed by atoms with Crippen LogP contribution in [-0.2, 0) is 0 Å². The number of nitrogens with zero attached hydrogens (tertiary/aromatic N) is 2. The summed E-state index contributed by atoms with van der Waals surface area (Å²) in [5.74, 6) is -24.9. The zero-order chi connectivity index (χ0) is 18.3. The molecule has 0 N–H and O–H groups in total. The van der Waals surface area contributed by atoms with Gasteiger partial charge in [0, 0.05) is 0 Å². The van der Waals surface area contributed by atoms with E-state index in [9.17, 15) is 43.9 Å². The van der Waals surface area contributed by atoms with E-state index in [-0.39, 0.29) is 0 Å². The fourth-order valence-corrected chi connectivity index (χ4v) is 1.46. The molecule has 0 bridgehead atoms. The third-order valence-electron chi connectivity index (χ3n) is 2.62. The average Bonchev–Trinajstić information content (AvgIpc) is 2.57. The van der Waals surface area contributed by atoms with Gasteiger partial charge in [-0.25, -0.2) is 43.9 Å². The molecular formula is C12F10N2.